The second-order valence-electron chi connectivity index (χ2n) is 22.9. The Labute approximate surface area is 606 Å². The number of alkyl halides is 1. The third-order valence-corrected chi connectivity index (χ3v) is 16.1. The van der Waals surface area contributed by atoms with E-state index in [1.165, 1.54) is 58.5 Å². The fourth-order valence-corrected chi connectivity index (χ4v) is 10.8. The van der Waals surface area contributed by atoms with Crippen LogP contribution in [0.2, 0.25) is 0 Å². The number of carbonyl (C=O) groups is 4. The van der Waals surface area contributed by atoms with Crippen molar-refractivity contribution in [3.8, 4) is 0 Å². The minimum absolute atomic E-state index is 0. The van der Waals surface area contributed by atoms with Crippen LogP contribution in [0.15, 0.2) is 305 Å². The second-order valence-corrected chi connectivity index (χ2v) is 23.2. The molecule has 0 aliphatic heterocycles. The molecule has 7 N–H and O–H groups in total. The van der Waals surface area contributed by atoms with Gasteiger partial charge in [-0.2, -0.15) is 0 Å². The van der Waals surface area contributed by atoms with E-state index in [1.807, 2.05) is 106 Å². The molecule has 0 spiro atoms. The number of carbonyl (C=O) groups excluding carboxylic acids is 4. The van der Waals surface area contributed by atoms with E-state index in [1.54, 1.807) is 134 Å². The van der Waals surface area contributed by atoms with Crippen molar-refractivity contribution in [2.75, 3.05) is 22.1 Å². The van der Waals surface area contributed by atoms with Gasteiger partial charge in [0.05, 0.1) is 25.9 Å². The zero-order valence-electron chi connectivity index (χ0n) is 55.3. The maximum atomic E-state index is 12.8. The minimum Gasteiger partial charge on any atom is -0.399 e. The highest BCUT2D eigenvalue weighted by molar-refractivity contribution is 6.49. The summed E-state index contributed by atoms with van der Waals surface area (Å²) in [6.45, 7) is 1.68. The molecule has 7 heterocycles. The number of H-pyrrole nitrogens is 1. The van der Waals surface area contributed by atoms with E-state index in [0.717, 1.165) is 44.4 Å². The lowest BCUT2D eigenvalue weighted by molar-refractivity contribution is -0.385. The van der Waals surface area contributed by atoms with Crippen molar-refractivity contribution in [3.63, 3.8) is 0 Å². The number of nitro benzene ring substituents is 3. The van der Waals surface area contributed by atoms with Gasteiger partial charge < -0.3 is 40.8 Å². The van der Waals surface area contributed by atoms with Gasteiger partial charge in [-0.1, -0.05) is 129 Å². The number of anilines is 4. The standard InChI is InChI=1S/C22H16N4O4.C22H18N4O2.C15H12N2O2.C8H7N.C7H6ClNO2.C5H6N2.CH4/c27-21(22(28)24-16-9-11-23-12-10-16)19-14-25(20-4-2-1-3-18(19)20)13-15-5-7-17(8-6-15)26(29)30;23-16-7-5-15(6-8-16)13-26-14-19(18-3-1-2-4-20(18)26)21(27)22(28)25-17-9-11-24-12-10-17;18-17(19)14-7-5-12(6-8-14)11-16-10-9-13-3-1-2-4-15(13)16;1-2-4-8-7(3-1)5-6-9-8;8-5-6-1-3-7(4-2-6)9(10)11;6-5-1-3-7-4-2-5;/h1-12,14H,13H2,(H,23,24,28);1-12,14H,13,23H2,(H,24,25,28);1-10H,11H2;1-6,9H;1-4H,5H2;1-4H,(H2,6,7);1H4. The maximum Gasteiger partial charge on any atom is 0.296 e. The van der Waals surface area contributed by atoms with Crippen LogP contribution < -0.4 is 22.1 Å². The first-order chi connectivity index (χ1) is 50.5. The van der Waals surface area contributed by atoms with Crippen LogP contribution in [-0.2, 0) is 35.1 Å². The Morgan fingerprint density at radius 1 is 0.410 bits per heavy atom. The SMILES string of the molecule is C.Nc1ccc(Cn2cc(C(=O)C(=O)Nc3ccncc3)c3ccccc32)cc1.Nc1ccncc1.O=C(Nc1ccncc1)C(=O)c1cn(Cc2ccc([N+](=O)[O-])cc2)c2ccccc12.O=[N+]([O-])c1ccc(CCl)cc1.O=[N+]([O-])c1ccc(Cn2ccc3ccccc32)cc1.c1ccc2[nH]ccc2c1. The zero-order chi connectivity index (χ0) is 73.3. The molecule has 24 nitrogen and oxygen atoms in total. The molecule has 0 unspecified atom stereocenters. The molecule has 0 aliphatic rings. The van der Waals surface area contributed by atoms with Crippen molar-refractivity contribution in [1.82, 2.24) is 33.6 Å². The topological polar surface area (TPSA) is 343 Å². The van der Waals surface area contributed by atoms with Gasteiger partial charge in [-0.15, -0.1) is 11.6 Å². The summed E-state index contributed by atoms with van der Waals surface area (Å²) in [5.41, 5.74) is 22.3. The quantitative estimate of drug-likeness (QED) is 0.0150. The largest absolute Gasteiger partial charge is 0.399 e. The number of Topliss-reactive ketones (excluding diaryl/α,β-unsaturated/α-hetero) is 2. The highest BCUT2D eigenvalue weighted by Crippen LogP contribution is 2.27. The Morgan fingerprint density at radius 3 is 1.18 bits per heavy atom. The van der Waals surface area contributed by atoms with Gasteiger partial charge in [-0.05, 0) is 118 Å². The molecule has 0 saturated carbocycles. The number of aromatic nitrogens is 7. The number of nitrogens with one attached hydrogen (secondary N) is 3. The fraction of sp³-hybridized carbons (Fsp3) is 0.0625. The number of pyridine rings is 3. The van der Waals surface area contributed by atoms with E-state index in [0.29, 0.717) is 59.1 Å². The van der Waals surface area contributed by atoms with E-state index in [9.17, 15) is 49.5 Å². The number of nitrogens with zero attached hydrogens (tertiary/aromatic N) is 9. The van der Waals surface area contributed by atoms with Crippen LogP contribution in [0.3, 0.4) is 0 Å². The van der Waals surface area contributed by atoms with Gasteiger partial charge in [-0.25, -0.2) is 0 Å². The molecular weight excluding hydrogens is 1350 g/mol. The molecular formula is C80H69ClN14O10. The number of rotatable bonds is 16. The van der Waals surface area contributed by atoms with Crippen molar-refractivity contribution in [2.24, 2.45) is 0 Å². The monoisotopic (exact) mass is 1420 g/mol. The van der Waals surface area contributed by atoms with E-state index >= 15 is 0 Å². The molecule has 526 valence electrons. The summed E-state index contributed by atoms with van der Waals surface area (Å²) in [6.07, 6.45) is 16.8. The van der Waals surface area contributed by atoms with E-state index in [4.69, 9.17) is 23.1 Å². The number of non-ortho nitro benzene ring substituents is 3. The molecule has 105 heavy (non-hydrogen) atoms. The summed E-state index contributed by atoms with van der Waals surface area (Å²) >= 11 is 5.49. The van der Waals surface area contributed by atoms with Crippen LogP contribution in [0.5, 0.6) is 0 Å². The minimum atomic E-state index is -0.737. The van der Waals surface area contributed by atoms with Crippen molar-refractivity contribution in [1.29, 1.82) is 0 Å². The van der Waals surface area contributed by atoms with Crippen LogP contribution in [0.25, 0.3) is 43.6 Å². The van der Waals surface area contributed by atoms with Crippen LogP contribution in [0, 0.1) is 30.3 Å². The Hall–Kier alpha value is -14.3. The van der Waals surface area contributed by atoms with Crippen molar-refractivity contribution in [3.05, 3.63) is 368 Å². The zero-order valence-corrected chi connectivity index (χ0v) is 56.1. The van der Waals surface area contributed by atoms with Gasteiger partial charge in [0.2, 0.25) is 0 Å². The Balaban J connectivity index is 0.000000156. The molecule has 0 fully saturated rings. The van der Waals surface area contributed by atoms with Gasteiger partial charge in [0.15, 0.2) is 0 Å². The highest BCUT2D eigenvalue weighted by atomic mass is 35.5. The molecule has 15 rings (SSSR count). The average Bonchev–Trinajstić information content (AvgIpc) is 1.64. The van der Waals surface area contributed by atoms with Crippen molar-refractivity contribution in [2.45, 2.75) is 32.9 Å². The predicted octanol–water partition coefficient (Wildman–Crippen LogP) is 16.7. The third kappa shape index (κ3) is 20.7. The molecule has 0 radical (unpaired) electrons. The molecule has 0 saturated heterocycles. The molecule has 25 heteroatoms. The van der Waals surface area contributed by atoms with E-state index in [2.05, 4.69) is 71.5 Å². The molecule has 8 aromatic carbocycles. The lowest BCUT2D eigenvalue weighted by atomic mass is 10.1. The number of nitrogen functional groups attached to an aromatic ring is 2. The van der Waals surface area contributed by atoms with Gasteiger partial charge in [0, 0.05) is 179 Å². The first kappa shape index (κ1) is 75.0. The third-order valence-electron chi connectivity index (χ3n) is 15.8. The van der Waals surface area contributed by atoms with Gasteiger partial charge in [0.1, 0.15) is 0 Å². The molecule has 2 amide bonds. The summed E-state index contributed by atoms with van der Waals surface area (Å²) in [7, 11) is 0. The molecule has 15 aromatic rings. The van der Waals surface area contributed by atoms with Gasteiger partial charge in [-0.3, -0.25) is 64.5 Å². The number of amides is 2. The smallest absolute Gasteiger partial charge is 0.296 e. The summed E-state index contributed by atoms with van der Waals surface area (Å²) in [5.74, 6) is -2.26. The Kier molecular flexibility index (Phi) is 26.2. The van der Waals surface area contributed by atoms with Gasteiger partial charge >= 0.3 is 0 Å². The summed E-state index contributed by atoms with van der Waals surface area (Å²) in [6, 6.07) is 72.0. The summed E-state index contributed by atoms with van der Waals surface area (Å²) < 4.78 is 5.95. The van der Waals surface area contributed by atoms with Crippen molar-refractivity contribution >= 4 is 118 Å². The predicted molar refractivity (Wildman–Crippen MR) is 411 cm³/mol. The number of nitro groups is 3. The number of ketones is 2. The van der Waals surface area contributed by atoms with Crippen molar-refractivity contribution < 1.29 is 33.9 Å². The summed E-state index contributed by atoms with van der Waals surface area (Å²) in [5, 5.41) is 40.7. The molecule has 0 bridgehead atoms. The van der Waals surface area contributed by atoms with Crippen LogP contribution >= 0.6 is 11.6 Å². The lowest BCUT2D eigenvalue weighted by Crippen LogP contribution is -2.22. The first-order valence-corrected chi connectivity index (χ1v) is 32.5. The number of hydrogen-bond acceptors (Lipinski definition) is 15. The lowest BCUT2D eigenvalue weighted by Gasteiger charge is -2.06. The number of halogens is 1. The number of fused-ring (bicyclic) bond motifs is 4. The Bertz CT molecular complexity index is 5390. The van der Waals surface area contributed by atoms with Crippen LogP contribution in [0.1, 0.15) is 50.4 Å². The number of benzene rings is 8. The van der Waals surface area contributed by atoms with Crippen LogP contribution in [0.4, 0.5) is 39.8 Å². The molecule has 0 atom stereocenters. The first-order valence-electron chi connectivity index (χ1n) is 32.0. The van der Waals surface area contributed by atoms with E-state index < -0.39 is 33.2 Å². The fourth-order valence-electron chi connectivity index (χ4n) is 10.6. The maximum absolute atomic E-state index is 12.8. The number of aromatic amines is 1. The number of nitrogens with two attached hydrogens (primary N) is 2. The number of hydrogen-bond donors (Lipinski definition) is 5. The van der Waals surface area contributed by atoms with E-state index in [-0.39, 0.29) is 29.4 Å². The second kappa shape index (κ2) is 36.7. The molecule has 0 aliphatic carbocycles. The Morgan fingerprint density at radius 2 is 0.771 bits per heavy atom. The van der Waals surface area contributed by atoms with Crippen LogP contribution in [-0.4, -0.2) is 71.8 Å². The normalized spacial score (nSPS) is 10.3. The average molecular weight is 1420 g/mol. The summed E-state index contributed by atoms with van der Waals surface area (Å²) in [4.78, 5) is 95.6. The highest BCUT2D eigenvalue weighted by Gasteiger charge is 2.24. The van der Waals surface area contributed by atoms with Gasteiger partial charge in [0.25, 0.3) is 40.4 Å². The number of para-hydroxylation sites is 4. The molecule has 7 aromatic heterocycles.